The molecule has 0 radical (unpaired) electrons. The van der Waals surface area contributed by atoms with Crippen molar-refractivity contribution in [3.63, 3.8) is 0 Å². The van der Waals surface area contributed by atoms with Crippen LogP contribution in [-0.4, -0.2) is 38.4 Å². The number of piperidine rings is 1. The van der Waals surface area contributed by atoms with Gasteiger partial charge in [0.15, 0.2) is 0 Å². The second-order valence-electron chi connectivity index (χ2n) is 6.83. The molecule has 3 aromatic rings. The Morgan fingerprint density at radius 2 is 1.89 bits per heavy atom. The van der Waals surface area contributed by atoms with Gasteiger partial charge >= 0.3 is 5.69 Å². The number of likely N-dealkylation sites (tertiary alicyclic amines) is 1. The van der Waals surface area contributed by atoms with E-state index in [4.69, 9.17) is 0 Å². The molecule has 142 valence electrons. The molecule has 1 aliphatic rings. The predicted molar refractivity (Wildman–Crippen MR) is 107 cm³/mol. The average molecular weight is 376 g/mol. The van der Waals surface area contributed by atoms with Crippen molar-refractivity contribution >= 4 is 22.9 Å². The summed E-state index contributed by atoms with van der Waals surface area (Å²) in [5.74, 6) is -0.0814. The van der Waals surface area contributed by atoms with E-state index in [1.54, 1.807) is 47.6 Å². The first kappa shape index (κ1) is 17.9. The third-order valence-corrected chi connectivity index (χ3v) is 5.08. The van der Waals surface area contributed by atoms with Gasteiger partial charge < -0.3 is 9.88 Å². The Labute approximate surface area is 161 Å². The van der Waals surface area contributed by atoms with E-state index in [0.717, 1.165) is 5.56 Å². The fourth-order valence-corrected chi connectivity index (χ4v) is 3.60. The van der Waals surface area contributed by atoms with Crippen molar-refractivity contribution in [3.05, 3.63) is 81.3 Å². The fraction of sp³-hybridized carbons (Fsp3) is 0.238. The zero-order chi connectivity index (χ0) is 19.5. The van der Waals surface area contributed by atoms with Crippen molar-refractivity contribution < 1.29 is 4.79 Å². The number of carbonyl (C=O) groups excluding carboxylic acids is 1. The molecule has 0 aliphatic carbocycles. The second-order valence-corrected chi connectivity index (χ2v) is 6.83. The summed E-state index contributed by atoms with van der Waals surface area (Å²) >= 11 is 0. The lowest BCUT2D eigenvalue weighted by atomic mass is 10.0. The van der Waals surface area contributed by atoms with Crippen LogP contribution in [-0.2, 0) is 4.79 Å². The molecule has 0 atom stereocenters. The highest BCUT2D eigenvalue weighted by Gasteiger charge is 2.25. The molecule has 2 aromatic heterocycles. The number of hydrogen-bond acceptors (Lipinski definition) is 4. The largest absolute Gasteiger partial charge is 0.339 e. The van der Waals surface area contributed by atoms with Crippen molar-refractivity contribution in [1.29, 1.82) is 0 Å². The Balaban J connectivity index is 1.48. The molecule has 0 bridgehead atoms. The Kier molecular flexibility index (Phi) is 4.89. The van der Waals surface area contributed by atoms with Gasteiger partial charge in [0, 0.05) is 37.6 Å². The van der Waals surface area contributed by atoms with E-state index in [1.807, 2.05) is 12.1 Å². The number of nitrogens with zero attached hydrogens (tertiary/aromatic N) is 3. The number of fused-ring (bicyclic) bond motifs is 1. The maximum absolute atomic E-state index is 12.8. The zero-order valence-electron chi connectivity index (χ0n) is 15.2. The standard InChI is InChI=1S/C21H20N4O3/c26-19(8-7-15-4-3-11-22-14-15)24-12-9-16(10-13-24)25-20(27)17-5-1-2-6-18(17)23-21(25)28/h1-8,11,14,16H,9-10,12-13H2,(H,23,28). The minimum absolute atomic E-state index is 0.0814. The monoisotopic (exact) mass is 376 g/mol. The normalized spacial score (nSPS) is 15.4. The predicted octanol–water partition coefficient (Wildman–Crippen LogP) is 1.96. The maximum Gasteiger partial charge on any atom is 0.329 e. The van der Waals surface area contributed by atoms with Gasteiger partial charge in [-0.2, -0.15) is 0 Å². The number of para-hydroxylation sites is 1. The van der Waals surface area contributed by atoms with Crippen LogP contribution in [0.15, 0.2) is 64.5 Å². The van der Waals surface area contributed by atoms with Crippen LogP contribution < -0.4 is 11.2 Å². The fourth-order valence-electron chi connectivity index (χ4n) is 3.60. The summed E-state index contributed by atoms with van der Waals surface area (Å²) in [6.45, 7) is 0.999. The lowest BCUT2D eigenvalue weighted by Crippen LogP contribution is -2.44. The lowest BCUT2D eigenvalue weighted by molar-refractivity contribution is -0.127. The average Bonchev–Trinajstić information content (AvgIpc) is 2.73. The molecule has 1 aromatic carbocycles. The van der Waals surface area contributed by atoms with Gasteiger partial charge in [0.2, 0.25) is 5.91 Å². The molecular weight excluding hydrogens is 356 g/mol. The molecule has 7 nitrogen and oxygen atoms in total. The number of carbonyl (C=O) groups is 1. The minimum atomic E-state index is -0.398. The molecule has 0 saturated carbocycles. The van der Waals surface area contributed by atoms with Gasteiger partial charge in [0.25, 0.3) is 5.56 Å². The van der Waals surface area contributed by atoms with Crippen LogP contribution in [0.1, 0.15) is 24.4 Å². The quantitative estimate of drug-likeness (QED) is 0.708. The van der Waals surface area contributed by atoms with Gasteiger partial charge in [-0.3, -0.25) is 19.1 Å². The van der Waals surface area contributed by atoms with E-state index in [1.165, 1.54) is 10.6 Å². The number of hydrogen-bond donors (Lipinski definition) is 1. The lowest BCUT2D eigenvalue weighted by Gasteiger charge is -2.31. The van der Waals surface area contributed by atoms with Crippen LogP contribution in [0.25, 0.3) is 17.0 Å². The van der Waals surface area contributed by atoms with E-state index in [9.17, 15) is 14.4 Å². The third kappa shape index (κ3) is 3.51. The first-order chi connectivity index (χ1) is 13.6. The van der Waals surface area contributed by atoms with Crippen LogP contribution in [0.4, 0.5) is 0 Å². The Hall–Kier alpha value is -3.48. The molecule has 7 heteroatoms. The van der Waals surface area contributed by atoms with E-state index in [0.29, 0.717) is 36.8 Å². The summed E-state index contributed by atoms with van der Waals surface area (Å²) in [7, 11) is 0. The number of rotatable bonds is 3. The van der Waals surface area contributed by atoms with Crippen molar-refractivity contribution in [2.75, 3.05) is 13.1 Å². The smallest absolute Gasteiger partial charge is 0.329 e. The highest BCUT2D eigenvalue weighted by Crippen LogP contribution is 2.20. The number of nitrogens with one attached hydrogen (secondary N) is 1. The van der Waals surface area contributed by atoms with Crippen molar-refractivity contribution in [2.45, 2.75) is 18.9 Å². The van der Waals surface area contributed by atoms with Gasteiger partial charge in [-0.1, -0.05) is 18.2 Å². The van der Waals surface area contributed by atoms with Gasteiger partial charge in [-0.25, -0.2) is 4.79 Å². The number of amides is 1. The molecule has 1 saturated heterocycles. The molecular formula is C21H20N4O3. The summed E-state index contributed by atoms with van der Waals surface area (Å²) in [4.78, 5) is 46.1. The van der Waals surface area contributed by atoms with E-state index in [-0.39, 0.29) is 17.5 Å². The molecule has 0 spiro atoms. The zero-order valence-corrected chi connectivity index (χ0v) is 15.2. The molecule has 1 fully saturated rings. The molecule has 1 amide bonds. The minimum Gasteiger partial charge on any atom is -0.339 e. The topological polar surface area (TPSA) is 88.1 Å². The van der Waals surface area contributed by atoms with Crippen LogP contribution in [0.3, 0.4) is 0 Å². The summed E-state index contributed by atoms with van der Waals surface area (Å²) in [6.07, 6.45) is 7.77. The van der Waals surface area contributed by atoms with Gasteiger partial charge in [-0.15, -0.1) is 0 Å². The first-order valence-electron chi connectivity index (χ1n) is 9.24. The number of aromatic nitrogens is 3. The molecule has 1 N–H and O–H groups in total. The number of H-pyrrole nitrogens is 1. The molecule has 0 unspecified atom stereocenters. The van der Waals surface area contributed by atoms with E-state index >= 15 is 0 Å². The molecule has 4 rings (SSSR count). The number of pyridine rings is 1. The van der Waals surface area contributed by atoms with Crippen LogP contribution >= 0.6 is 0 Å². The summed E-state index contributed by atoms with van der Waals surface area (Å²) < 4.78 is 1.30. The van der Waals surface area contributed by atoms with Crippen LogP contribution in [0.2, 0.25) is 0 Å². The number of aromatic amines is 1. The van der Waals surface area contributed by atoms with Crippen molar-refractivity contribution in [2.24, 2.45) is 0 Å². The Morgan fingerprint density at radius 1 is 1.11 bits per heavy atom. The van der Waals surface area contributed by atoms with E-state index in [2.05, 4.69) is 9.97 Å². The van der Waals surface area contributed by atoms with Gasteiger partial charge in [0.05, 0.1) is 10.9 Å². The van der Waals surface area contributed by atoms with E-state index < -0.39 is 5.69 Å². The molecule has 1 aliphatic heterocycles. The highest BCUT2D eigenvalue weighted by atomic mass is 16.2. The Bertz CT molecular complexity index is 1140. The SMILES string of the molecule is O=C(C=Cc1cccnc1)N1CCC(n2c(=O)[nH]c3ccccc3c2=O)CC1. The highest BCUT2D eigenvalue weighted by molar-refractivity contribution is 5.91. The summed E-state index contributed by atoms with van der Waals surface area (Å²) in [5, 5.41) is 0.500. The van der Waals surface area contributed by atoms with Crippen molar-refractivity contribution in [3.8, 4) is 0 Å². The van der Waals surface area contributed by atoms with Crippen LogP contribution in [0.5, 0.6) is 0 Å². The third-order valence-electron chi connectivity index (χ3n) is 5.08. The Morgan fingerprint density at radius 3 is 2.64 bits per heavy atom. The first-order valence-corrected chi connectivity index (χ1v) is 9.24. The summed E-state index contributed by atoms with van der Waals surface area (Å²) in [6, 6.07) is 10.5. The molecule has 28 heavy (non-hydrogen) atoms. The van der Waals surface area contributed by atoms with Crippen LogP contribution in [0, 0.1) is 0 Å². The van der Waals surface area contributed by atoms with Gasteiger partial charge in [-0.05, 0) is 42.7 Å². The maximum atomic E-state index is 12.8. The summed E-state index contributed by atoms with van der Waals surface area (Å²) in [5.41, 5.74) is 0.729. The number of benzene rings is 1. The van der Waals surface area contributed by atoms with Gasteiger partial charge in [0.1, 0.15) is 0 Å². The van der Waals surface area contributed by atoms with Crippen molar-refractivity contribution in [1.82, 2.24) is 19.4 Å². The second kappa shape index (κ2) is 7.64. The molecule has 3 heterocycles.